The van der Waals surface area contributed by atoms with Crippen molar-refractivity contribution in [2.45, 2.75) is 101 Å². The monoisotopic (exact) mass is 532 g/mol. The number of hydrogen-bond acceptors (Lipinski definition) is 9. The number of phenolic OH excluding ortho intramolecular Hbond substituents is 1. The molecule has 2 aliphatic rings. The van der Waals surface area contributed by atoms with Gasteiger partial charge in [-0.3, -0.25) is 4.79 Å². The number of aromatic hydroxyl groups is 1. The Hall–Kier alpha value is -2.43. The Morgan fingerprint density at radius 3 is 2.42 bits per heavy atom. The number of ether oxygens (including phenoxy) is 3. The van der Waals surface area contributed by atoms with Crippen LogP contribution in [0.25, 0.3) is 10.8 Å². The van der Waals surface area contributed by atoms with Crippen LogP contribution >= 0.6 is 0 Å². The van der Waals surface area contributed by atoms with Crippen LogP contribution in [0.1, 0.15) is 86.6 Å². The van der Waals surface area contributed by atoms with Gasteiger partial charge in [0.05, 0.1) is 24.7 Å². The largest absolute Gasteiger partial charge is 0.506 e. The number of carbonyl (C=O) groups excluding carboxylic acids is 1. The second kappa shape index (κ2) is 12.6. The van der Waals surface area contributed by atoms with E-state index in [9.17, 15) is 30.3 Å². The number of rotatable bonds is 11. The summed E-state index contributed by atoms with van der Waals surface area (Å²) in [5.41, 5.74) is 1.14. The van der Waals surface area contributed by atoms with Gasteiger partial charge in [-0.25, -0.2) is 0 Å². The molecule has 2 aromatic rings. The molecule has 2 fully saturated rings. The Kier molecular flexibility index (Phi) is 9.49. The summed E-state index contributed by atoms with van der Waals surface area (Å²) in [6.45, 7) is 1.51. The number of hydrogen-bond donors (Lipinski definition) is 5. The summed E-state index contributed by atoms with van der Waals surface area (Å²) >= 11 is 0. The molecule has 9 nitrogen and oxygen atoms in total. The first-order valence-corrected chi connectivity index (χ1v) is 13.7. The number of phenols is 1. The number of aliphatic hydroxyl groups is 4. The first-order valence-electron chi connectivity index (χ1n) is 13.7. The topological polar surface area (TPSA) is 146 Å². The van der Waals surface area contributed by atoms with Crippen molar-refractivity contribution in [3.8, 4) is 17.2 Å². The minimum atomic E-state index is -1.63. The summed E-state index contributed by atoms with van der Waals surface area (Å²) in [7, 11) is 1.49. The van der Waals surface area contributed by atoms with Crippen molar-refractivity contribution in [2.24, 2.45) is 0 Å². The highest BCUT2D eigenvalue weighted by Gasteiger charge is 2.45. The van der Waals surface area contributed by atoms with Crippen LogP contribution in [0.15, 0.2) is 18.2 Å². The molecule has 1 saturated heterocycles. The molecule has 5 atom stereocenters. The van der Waals surface area contributed by atoms with Crippen molar-refractivity contribution in [1.29, 1.82) is 0 Å². The van der Waals surface area contributed by atoms with Gasteiger partial charge in [-0.05, 0) is 48.3 Å². The maximum Gasteiger partial charge on any atom is 0.229 e. The Labute approximate surface area is 223 Å². The second-order valence-electron chi connectivity index (χ2n) is 10.4. The van der Waals surface area contributed by atoms with E-state index in [0.29, 0.717) is 23.1 Å². The Balaban J connectivity index is 1.80. The molecule has 0 radical (unpaired) electrons. The van der Waals surface area contributed by atoms with Crippen LogP contribution in [-0.4, -0.2) is 75.7 Å². The number of unbranched alkanes of at least 4 members (excludes halogenated alkanes) is 3. The minimum absolute atomic E-state index is 0.0826. The molecule has 38 heavy (non-hydrogen) atoms. The number of Topliss-reactive ketones (excluding diaryl/α,β-unsaturated/α-hetero) is 1. The van der Waals surface area contributed by atoms with E-state index in [-0.39, 0.29) is 28.6 Å². The summed E-state index contributed by atoms with van der Waals surface area (Å²) in [5, 5.41) is 52.9. The fourth-order valence-electron chi connectivity index (χ4n) is 5.67. The zero-order chi connectivity index (χ0) is 27.4. The molecule has 2 aromatic carbocycles. The van der Waals surface area contributed by atoms with Gasteiger partial charge >= 0.3 is 0 Å². The van der Waals surface area contributed by atoms with E-state index in [0.717, 1.165) is 56.9 Å². The Morgan fingerprint density at radius 1 is 1.03 bits per heavy atom. The number of carbonyl (C=O) groups is 1. The molecule has 5 N–H and O–H groups in total. The van der Waals surface area contributed by atoms with Gasteiger partial charge in [-0.2, -0.15) is 0 Å². The van der Waals surface area contributed by atoms with E-state index in [1.165, 1.54) is 13.2 Å². The molecule has 1 heterocycles. The van der Waals surface area contributed by atoms with Crippen molar-refractivity contribution in [2.75, 3.05) is 13.7 Å². The van der Waals surface area contributed by atoms with Crippen LogP contribution in [0.5, 0.6) is 17.2 Å². The van der Waals surface area contributed by atoms with Crippen molar-refractivity contribution in [3.63, 3.8) is 0 Å². The molecule has 5 unspecified atom stereocenters. The van der Waals surface area contributed by atoms with E-state index in [1.54, 1.807) is 6.07 Å². The highest BCUT2D eigenvalue weighted by Crippen LogP contribution is 2.46. The van der Waals surface area contributed by atoms with E-state index in [2.05, 4.69) is 6.92 Å². The standard InChI is InChI=1S/C29H40O9/c1-3-4-5-6-11-20(31)24-19(16-9-7-8-10-16)13-17-12-18(36-2)14-21(23(17)26(24)33)37-29-28(35)27(34)25(32)22(15-30)38-29/h12-14,16,22,25,27-30,32-35H,3-11,15H2,1-2H3. The molecule has 4 rings (SSSR count). The smallest absolute Gasteiger partial charge is 0.229 e. The van der Waals surface area contributed by atoms with Gasteiger partial charge in [0.1, 0.15) is 41.7 Å². The molecule has 0 spiro atoms. The molecule has 1 saturated carbocycles. The first kappa shape index (κ1) is 28.6. The van der Waals surface area contributed by atoms with Crippen LogP contribution in [0.4, 0.5) is 0 Å². The number of methoxy groups -OCH3 is 1. The third-order valence-corrected chi connectivity index (χ3v) is 7.84. The maximum absolute atomic E-state index is 13.5. The third kappa shape index (κ3) is 5.77. The van der Waals surface area contributed by atoms with E-state index in [4.69, 9.17) is 14.2 Å². The quantitative estimate of drug-likeness (QED) is 0.217. The van der Waals surface area contributed by atoms with Crippen LogP contribution < -0.4 is 9.47 Å². The fourth-order valence-corrected chi connectivity index (χ4v) is 5.67. The van der Waals surface area contributed by atoms with E-state index >= 15 is 0 Å². The molecule has 1 aliphatic heterocycles. The summed E-state index contributed by atoms with van der Waals surface area (Å²) in [5.74, 6) is 0.372. The van der Waals surface area contributed by atoms with Crippen LogP contribution in [-0.2, 0) is 4.74 Å². The Morgan fingerprint density at radius 2 is 1.76 bits per heavy atom. The lowest BCUT2D eigenvalue weighted by Crippen LogP contribution is -2.60. The van der Waals surface area contributed by atoms with Crippen LogP contribution in [0, 0.1) is 0 Å². The molecule has 0 amide bonds. The second-order valence-corrected chi connectivity index (χ2v) is 10.4. The van der Waals surface area contributed by atoms with Gasteiger partial charge in [-0.1, -0.05) is 39.0 Å². The predicted octanol–water partition coefficient (Wildman–Crippen LogP) is 3.54. The highest BCUT2D eigenvalue weighted by atomic mass is 16.7. The number of aliphatic hydroxyl groups excluding tert-OH is 4. The van der Waals surface area contributed by atoms with Crippen molar-refractivity contribution in [3.05, 3.63) is 29.3 Å². The van der Waals surface area contributed by atoms with Crippen LogP contribution in [0.2, 0.25) is 0 Å². The molecule has 0 aromatic heterocycles. The average molecular weight is 533 g/mol. The first-order chi connectivity index (χ1) is 18.3. The molecular weight excluding hydrogens is 492 g/mol. The van der Waals surface area contributed by atoms with Gasteiger partial charge in [-0.15, -0.1) is 0 Å². The molecule has 0 bridgehead atoms. The fraction of sp³-hybridized carbons (Fsp3) is 0.621. The zero-order valence-corrected chi connectivity index (χ0v) is 22.1. The lowest BCUT2D eigenvalue weighted by Gasteiger charge is -2.39. The SMILES string of the molecule is CCCCCCC(=O)c1c(C2CCCC2)cc2cc(OC)cc(OC3OC(CO)C(O)C(O)C3O)c2c1O. The molecule has 1 aliphatic carbocycles. The highest BCUT2D eigenvalue weighted by molar-refractivity contribution is 6.08. The van der Waals surface area contributed by atoms with Gasteiger partial charge < -0.3 is 39.7 Å². The lowest BCUT2D eigenvalue weighted by molar-refractivity contribution is -0.277. The van der Waals surface area contributed by atoms with Gasteiger partial charge in [0.15, 0.2) is 5.78 Å². The number of fused-ring (bicyclic) bond motifs is 1. The van der Waals surface area contributed by atoms with Crippen molar-refractivity contribution < 1.29 is 44.5 Å². The predicted molar refractivity (Wildman–Crippen MR) is 141 cm³/mol. The van der Waals surface area contributed by atoms with E-state index in [1.807, 2.05) is 6.07 Å². The molecule has 9 heteroatoms. The minimum Gasteiger partial charge on any atom is -0.506 e. The summed E-state index contributed by atoms with van der Waals surface area (Å²) in [4.78, 5) is 13.5. The van der Waals surface area contributed by atoms with E-state index < -0.39 is 37.3 Å². The van der Waals surface area contributed by atoms with Gasteiger partial charge in [0.25, 0.3) is 0 Å². The van der Waals surface area contributed by atoms with Crippen LogP contribution in [0.3, 0.4) is 0 Å². The third-order valence-electron chi connectivity index (χ3n) is 7.84. The van der Waals surface area contributed by atoms with Gasteiger partial charge in [0.2, 0.25) is 6.29 Å². The Bertz CT molecular complexity index is 1110. The maximum atomic E-state index is 13.5. The number of ketones is 1. The summed E-state index contributed by atoms with van der Waals surface area (Å²) in [6, 6.07) is 5.18. The summed E-state index contributed by atoms with van der Waals surface area (Å²) in [6.07, 6.45) is 0.747. The van der Waals surface area contributed by atoms with Crippen molar-refractivity contribution in [1.82, 2.24) is 0 Å². The average Bonchev–Trinajstić information content (AvgIpc) is 3.45. The van der Waals surface area contributed by atoms with Gasteiger partial charge in [0, 0.05) is 12.5 Å². The summed E-state index contributed by atoms with van der Waals surface area (Å²) < 4.78 is 17.0. The lowest BCUT2D eigenvalue weighted by atomic mass is 9.86. The normalized spacial score (nSPS) is 26.1. The number of benzene rings is 2. The molecule has 210 valence electrons. The zero-order valence-electron chi connectivity index (χ0n) is 22.1. The van der Waals surface area contributed by atoms with Crippen molar-refractivity contribution >= 4 is 16.6 Å². The molecular formula is C29H40O9.